The van der Waals surface area contributed by atoms with Gasteiger partial charge >= 0.3 is 0 Å². The molecule has 2 aromatic rings. The van der Waals surface area contributed by atoms with Crippen molar-refractivity contribution in [3.63, 3.8) is 0 Å². The standard InChI is InChI=1S/C22H22N2O5/c1-27-16-6-8-18(9-7-16)29-17-4-2-15(3-5-17)21(26)23-11-10-22-19(23)14-20(25)24(22)12-13-28-22/h2-9,19H,10-14H2,1H3/t19-,22+/m1/s1. The van der Waals surface area contributed by atoms with Gasteiger partial charge < -0.3 is 24.0 Å². The van der Waals surface area contributed by atoms with E-state index in [1.54, 1.807) is 36.3 Å². The lowest BCUT2D eigenvalue weighted by Gasteiger charge is -2.31. The van der Waals surface area contributed by atoms with Crippen LogP contribution in [0.15, 0.2) is 48.5 Å². The van der Waals surface area contributed by atoms with E-state index in [2.05, 4.69) is 0 Å². The van der Waals surface area contributed by atoms with Crippen LogP contribution in [0.4, 0.5) is 0 Å². The van der Waals surface area contributed by atoms with Crippen molar-refractivity contribution in [2.24, 2.45) is 0 Å². The molecule has 0 aliphatic carbocycles. The van der Waals surface area contributed by atoms with E-state index in [0.717, 1.165) is 5.75 Å². The Kier molecular flexibility index (Phi) is 4.20. The number of rotatable bonds is 4. The summed E-state index contributed by atoms with van der Waals surface area (Å²) in [5, 5.41) is 0. The van der Waals surface area contributed by atoms with Crippen LogP contribution < -0.4 is 9.47 Å². The van der Waals surface area contributed by atoms with Gasteiger partial charge in [-0.25, -0.2) is 0 Å². The second-order valence-electron chi connectivity index (χ2n) is 7.51. The zero-order valence-corrected chi connectivity index (χ0v) is 16.2. The van der Waals surface area contributed by atoms with Crippen molar-refractivity contribution < 1.29 is 23.8 Å². The third kappa shape index (κ3) is 2.84. The van der Waals surface area contributed by atoms with Crippen molar-refractivity contribution >= 4 is 11.8 Å². The van der Waals surface area contributed by atoms with Crippen LogP contribution in [-0.2, 0) is 9.53 Å². The van der Waals surface area contributed by atoms with Gasteiger partial charge in [-0.3, -0.25) is 9.59 Å². The smallest absolute Gasteiger partial charge is 0.254 e. The van der Waals surface area contributed by atoms with Gasteiger partial charge in [0, 0.05) is 25.1 Å². The summed E-state index contributed by atoms with van der Waals surface area (Å²) in [6.45, 7) is 1.76. The molecule has 3 heterocycles. The van der Waals surface area contributed by atoms with Gasteiger partial charge in [-0.2, -0.15) is 0 Å². The van der Waals surface area contributed by atoms with E-state index in [0.29, 0.717) is 49.6 Å². The molecule has 5 rings (SSSR count). The Morgan fingerprint density at radius 3 is 2.38 bits per heavy atom. The molecule has 0 bridgehead atoms. The number of carbonyl (C=O) groups is 2. The minimum atomic E-state index is -0.607. The number of carbonyl (C=O) groups excluding carboxylic acids is 2. The summed E-state index contributed by atoms with van der Waals surface area (Å²) in [6.07, 6.45) is 1.01. The Bertz CT molecular complexity index is 943. The number of hydrogen-bond acceptors (Lipinski definition) is 5. The fourth-order valence-corrected chi connectivity index (χ4v) is 4.65. The molecule has 7 nitrogen and oxygen atoms in total. The lowest BCUT2D eigenvalue weighted by atomic mass is 10.1. The van der Waals surface area contributed by atoms with Gasteiger partial charge in [0.2, 0.25) is 5.91 Å². The zero-order chi connectivity index (χ0) is 20.0. The van der Waals surface area contributed by atoms with Gasteiger partial charge in [-0.1, -0.05) is 0 Å². The summed E-state index contributed by atoms with van der Waals surface area (Å²) in [4.78, 5) is 29.0. The molecule has 0 aromatic heterocycles. The van der Waals surface area contributed by atoms with E-state index >= 15 is 0 Å². The highest BCUT2D eigenvalue weighted by atomic mass is 16.5. The second-order valence-corrected chi connectivity index (χ2v) is 7.51. The van der Waals surface area contributed by atoms with Crippen LogP contribution in [-0.4, -0.2) is 60.2 Å². The molecule has 150 valence electrons. The predicted octanol–water partition coefficient (Wildman–Crippen LogP) is 2.66. The number of amides is 2. The molecule has 3 saturated heterocycles. The number of benzene rings is 2. The summed E-state index contributed by atoms with van der Waals surface area (Å²) in [7, 11) is 1.62. The van der Waals surface area contributed by atoms with Crippen LogP contribution in [0.2, 0.25) is 0 Å². The van der Waals surface area contributed by atoms with Crippen molar-refractivity contribution in [1.29, 1.82) is 0 Å². The molecule has 3 aliphatic rings. The molecule has 7 heteroatoms. The number of hydrogen-bond donors (Lipinski definition) is 0. The average Bonchev–Trinajstić information content (AvgIpc) is 3.39. The lowest BCUT2D eigenvalue weighted by molar-refractivity contribution is -0.136. The minimum Gasteiger partial charge on any atom is -0.497 e. The Morgan fingerprint density at radius 1 is 1.03 bits per heavy atom. The highest BCUT2D eigenvalue weighted by Crippen LogP contribution is 2.46. The summed E-state index contributed by atoms with van der Waals surface area (Å²) < 4.78 is 16.9. The fourth-order valence-electron chi connectivity index (χ4n) is 4.65. The summed E-state index contributed by atoms with van der Waals surface area (Å²) in [5.74, 6) is 2.10. The first kappa shape index (κ1) is 18.0. The maximum Gasteiger partial charge on any atom is 0.254 e. The average molecular weight is 394 g/mol. The lowest BCUT2D eigenvalue weighted by Crippen LogP contribution is -2.48. The Morgan fingerprint density at radius 2 is 1.69 bits per heavy atom. The number of methoxy groups -OCH3 is 1. The Hall–Kier alpha value is -3.06. The molecular formula is C22H22N2O5. The van der Waals surface area contributed by atoms with E-state index < -0.39 is 5.72 Å². The molecule has 0 saturated carbocycles. The predicted molar refractivity (Wildman–Crippen MR) is 104 cm³/mol. The van der Waals surface area contributed by atoms with E-state index in [1.807, 2.05) is 29.2 Å². The third-order valence-corrected chi connectivity index (χ3v) is 6.06. The molecule has 2 aromatic carbocycles. The molecule has 0 radical (unpaired) electrons. The Labute approximate surface area is 168 Å². The number of ether oxygens (including phenoxy) is 3. The molecule has 3 aliphatic heterocycles. The SMILES string of the molecule is COc1ccc(Oc2ccc(C(=O)N3CC[C@@]45OCCN4C(=O)C[C@@H]35)cc2)cc1. The summed E-state index contributed by atoms with van der Waals surface area (Å²) in [6, 6.07) is 14.2. The van der Waals surface area contributed by atoms with E-state index in [4.69, 9.17) is 14.2 Å². The highest BCUT2D eigenvalue weighted by molar-refractivity contribution is 5.96. The fraction of sp³-hybridized carbons (Fsp3) is 0.364. The topological polar surface area (TPSA) is 68.3 Å². The van der Waals surface area contributed by atoms with Gasteiger partial charge in [0.1, 0.15) is 17.2 Å². The van der Waals surface area contributed by atoms with Crippen molar-refractivity contribution in [1.82, 2.24) is 9.80 Å². The molecule has 0 N–H and O–H groups in total. The van der Waals surface area contributed by atoms with E-state index in [1.165, 1.54) is 0 Å². The zero-order valence-electron chi connectivity index (χ0n) is 16.2. The van der Waals surface area contributed by atoms with Gasteiger partial charge in [0.05, 0.1) is 26.2 Å². The third-order valence-electron chi connectivity index (χ3n) is 6.06. The van der Waals surface area contributed by atoms with Crippen LogP contribution >= 0.6 is 0 Å². The van der Waals surface area contributed by atoms with Crippen LogP contribution in [0, 0.1) is 0 Å². The van der Waals surface area contributed by atoms with Crippen LogP contribution in [0.25, 0.3) is 0 Å². The van der Waals surface area contributed by atoms with Crippen molar-refractivity contribution in [2.75, 3.05) is 26.8 Å². The normalized spacial score (nSPS) is 25.1. The molecule has 0 unspecified atom stereocenters. The molecule has 2 amide bonds. The first-order valence-electron chi connectivity index (χ1n) is 9.78. The van der Waals surface area contributed by atoms with E-state index in [-0.39, 0.29) is 17.9 Å². The summed E-state index contributed by atoms with van der Waals surface area (Å²) in [5.41, 5.74) is -0.0301. The van der Waals surface area contributed by atoms with Crippen LogP contribution in [0.5, 0.6) is 17.2 Å². The maximum atomic E-state index is 13.1. The molecule has 29 heavy (non-hydrogen) atoms. The number of likely N-dealkylation sites (tertiary alicyclic amines) is 1. The minimum absolute atomic E-state index is 0.0759. The molecule has 2 atom stereocenters. The van der Waals surface area contributed by atoms with Gasteiger partial charge in [-0.15, -0.1) is 0 Å². The maximum absolute atomic E-state index is 13.1. The second kappa shape index (κ2) is 6.77. The van der Waals surface area contributed by atoms with Gasteiger partial charge in [-0.05, 0) is 48.5 Å². The molecular weight excluding hydrogens is 372 g/mol. The van der Waals surface area contributed by atoms with Crippen molar-refractivity contribution in [2.45, 2.75) is 24.6 Å². The van der Waals surface area contributed by atoms with Crippen LogP contribution in [0.1, 0.15) is 23.2 Å². The summed E-state index contributed by atoms with van der Waals surface area (Å²) >= 11 is 0. The number of nitrogens with zero attached hydrogens (tertiary/aromatic N) is 2. The van der Waals surface area contributed by atoms with Crippen molar-refractivity contribution in [3.8, 4) is 17.2 Å². The van der Waals surface area contributed by atoms with Gasteiger partial charge in [0.15, 0.2) is 5.72 Å². The molecule has 3 fully saturated rings. The first-order valence-corrected chi connectivity index (χ1v) is 9.78. The van der Waals surface area contributed by atoms with Crippen molar-refractivity contribution in [3.05, 3.63) is 54.1 Å². The van der Waals surface area contributed by atoms with Gasteiger partial charge in [0.25, 0.3) is 5.91 Å². The van der Waals surface area contributed by atoms with Crippen LogP contribution in [0.3, 0.4) is 0 Å². The largest absolute Gasteiger partial charge is 0.497 e. The highest BCUT2D eigenvalue weighted by Gasteiger charge is 2.62. The van der Waals surface area contributed by atoms with E-state index in [9.17, 15) is 9.59 Å². The first-order chi connectivity index (χ1) is 14.1. The molecule has 1 spiro atoms. The quantitative estimate of drug-likeness (QED) is 0.798. The Balaban J connectivity index is 1.30. The monoisotopic (exact) mass is 394 g/mol.